The highest BCUT2D eigenvalue weighted by Gasteiger charge is 2.25. The Morgan fingerprint density at radius 1 is 1.14 bits per heavy atom. The van der Waals surface area contributed by atoms with Crippen molar-refractivity contribution in [3.63, 3.8) is 0 Å². The van der Waals surface area contributed by atoms with Gasteiger partial charge in [0.15, 0.2) is 0 Å². The van der Waals surface area contributed by atoms with Crippen LogP contribution in [0.2, 0.25) is 0 Å². The lowest BCUT2D eigenvalue weighted by Crippen LogP contribution is -2.37. The van der Waals surface area contributed by atoms with Crippen LogP contribution in [0.3, 0.4) is 0 Å². The zero-order valence-corrected chi connectivity index (χ0v) is 14.8. The summed E-state index contributed by atoms with van der Waals surface area (Å²) in [6.45, 7) is 4.85. The second kappa shape index (κ2) is 8.01. The van der Waals surface area contributed by atoms with Crippen molar-refractivity contribution in [2.75, 3.05) is 31.4 Å². The van der Waals surface area contributed by atoms with Crippen molar-refractivity contribution < 1.29 is 8.42 Å². The van der Waals surface area contributed by atoms with Gasteiger partial charge < -0.3 is 4.90 Å². The molecule has 21 heavy (non-hydrogen) atoms. The summed E-state index contributed by atoms with van der Waals surface area (Å²) in [7, 11) is -0.371. The van der Waals surface area contributed by atoms with Crippen LogP contribution in [-0.4, -0.2) is 45.3 Å². The van der Waals surface area contributed by atoms with Crippen molar-refractivity contribution in [3.8, 4) is 0 Å². The third kappa shape index (κ3) is 4.11. The predicted molar refractivity (Wildman–Crippen MR) is 89.8 cm³/mol. The van der Waals surface area contributed by atoms with Crippen LogP contribution in [-0.2, 0) is 10.0 Å². The lowest BCUT2D eigenvalue weighted by Gasteiger charge is -2.33. The summed E-state index contributed by atoms with van der Waals surface area (Å²) in [4.78, 5) is 2.45. The van der Waals surface area contributed by atoms with E-state index in [4.69, 9.17) is 11.6 Å². The molecule has 0 N–H and O–H groups in total. The quantitative estimate of drug-likeness (QED) is 0.686. The molecule has 0 amide bonds. The predicted octanol–water partition coefficient (Wildman–Crippen LogP) is 3.17. The van der Waals surface area contributed by atoms with Gasteiger partial charge in [0.25, 0.3) is 0 Å². The minimum atomic E-state index is -3.47. The zero-order valence-electron chi connectivity index (χ0n) is 13.2. The first-order valence-electron chi connectivity index (χ1n) is 7.24. The summed E-state index contributed by atoms with van der Waals surface area (Å²) in [6, 6.07) is 7.43. The second-order valence-electron chi connectivity index (χ2n) is 5.11. The standard InChI is InChI=1S/C15H25ClN2O2S/c1-5-13(6-2)18(12-11-16)14-9-7-8-10-15(14)21(19,20)17(3)4/h7-10,13H,5-6,11-12H2,1-4H3. The summed E-state index contributed by atoms with van der Waals surface area (Å²) >= 11 is 5.93. The van der Waals surface area contributed by atoms with Gasteiger partial charge in [-0.15, -0.1) is 11.6 Å². The van der Waals surface area contributed by atoms with Gasteiger partial charge in [0.05, 0.1) is 5.69 Å². The summed E-state index contributed by atoms with van der Waals surface area (Å²) < 4.78 is 26.3. The van der Waals surface area contributed by atoms with Gasteiger partial charge in [0.1, 0.15) is 4.90 Å². The van der Waals surface area contributed by atoms with Crippen LogP contribution >= 0.6 is 11.6 Å². The number of rotatable bonds is 8. The van der Waals surface area contributed by atoms with E-state index >= 15 is 0 Å². The number of hydrogen-bond acceptors (Lipinski definition) is 3. The van der Waals surface area contributed by atoms with E-state index < -0.39 is 10.0 Å². The highest BCUT2D eigenvalue weighted by molar-refractivity contribution is 7.89. The van der Waals surface area contributed by atoms with Crippen LogP contribution in [0.5, 0.6) is 0 Å². The van der Waals surface area contributed by atoms with E-state index in [1.54, 1.807) is 26.2 Å². The first kappa shape index (κ1) is 18.3. The number of halogens is 1. The van der Waals surface area contributed by atoms with E-state index in [2.05, 4.69) is 18.7 Å². The fourth-order valence-electron chi connectivity index (χ4n) is 2.43. The van der Waals surface area contributed by atoms with Gasteiger partial charge in [-0.05, 0) is 25.0 Å². The average molecular weight is 333 g/mol. The second-order valence-corrected chi connectivity index (χ2v) is 7.61. The van der Waals surface area contributed by atoms with Crippen molar-refractivity contribution in [2.45, 2.75) is 37.6 Å². The number of nitrogens with zero attached hydrogens (tertiary/aromatic N) is 2. The normalized spacial score (nSPS) is 12.1. The van der Waals surface area contributed by atoms with Crippen LogP contribution < -0.4 is 4.90 Å². The van der Waals surface area contributed by atoms with Crippen LogP contribution in [0.1, 0.15) is 26.7 Å². The molecule has 0 saturated heterocycles. The van der Waals surface area contributed by atoms with Gasteiger partial charge in [-0.1, -0.05) is 26.0 Å². The van der Waals surface area contributed by atoms with Gasteiger partial charge in [-0.25, -0.2) is 12.7 Å². The molecule has 0 aromatic heterocycles. The Labute approximate surface area is 133 Å². The Kier molecular flexibility index (Phi) is 6.97. The molecule has 1 rings (SSSR count). The Morgan fingerprint density at radius 2 is 1.71 bits per heavy atom. The van der Waals surface area contributed by atoms with Crippen LogP contribution in [0.15, 0.2) is 29.2 Å². The van der Waals surface area contributed by atoms with E-state index in [1.165, 1.54) is 4.31 Å². The van der Waals surface area contributed by atoms with Crippen molar-refractivity contribution in [2.24, 2.45) is 0 Å². The summed E-state index contributed by atoms with van der Waals surface area (Å²) in [5, 5.41) is 0. The molecule has 4 nitrogen and oxygen atoms in total. The number of para-hydroxylation sites is 1. The molecule has 0 aliphatic heterocycles. The van der Waals surface area contributed by atoms with E-state index in [-0.39, 0.29) is 6.04 Å². The third-order valence-corrected chi connectivity index (χ3v) is 5.67. The molecular weight excluding hydrogens is 308 g/mol. The van der Waals surface area contributed by atoms with E-state index in [0.717, 1.165) is 18.5 Å². The maximum atomic E-state index is 12.5. The molecular formula is C15H25ClN2O2S. The molecule has 0 spiro atoms. The van der Waals surface area contributed by atoms with Crippen molar-refractivity contribution in [3.05, 3.63) is 24.3 Å². The maximum absolute atomic E-state index is 12.5. The molecule has 0 radical (unpaired) electrons. The number of benzene rings is 1. The van der Waals surface area contributed by atoms with Crippen LogP contribution in [0, 0.1) is 0 Å². The van der Waals surface area contributed by atoms with Crippen LogP contribution in [0.4, 0.5) is 5.69 Å². The van der Waals surface area contributed by atoms with E-state index in [9.17, 15) is 8.42 Å². The highest BCUT2D eigenvalue weighted by atomic mass is 35.5. The fraction of sp³-hybridized carbons (Fsp3) is 0.600. The topological polar surface area (TPSA) is 40.6 Å². The van der Waals surface area contributed by atoms with Crippen LogP contribution in [0.25, 0.3) is 0 Å². The summed E-state index contributed by atoms with van der Waals surface area (Å²) in [5.74, 6) is 0.465. The molecule has 0 saturated carbocycles. The van der Waals surface area contributed by atoms with Gasteiger partial charge in [0, 0.05) is 32.6 Å². The molecule has 1 aromatic carbocycles. The zero-order chi connectivity index (χ0) is 16.0. The largest absolute Gasteiger partial charge is 0.366 e. The Bertz CT molecular complexity index is 542. The minimum Gasteiger partial charge on any atom is -0.366 e. The van der Waals surface area contributed by atoms with Crippen molar-refractivity contribution in [1.82, 2.24) is 4.31 Å². The first-order valence-corrected chi connectivity index (χ1v) is 9.21. The molecule has 0 heterocycles. The van der Waals surface area contributed by atoms with Gasteiger partial charge >= 0.3 is 0 Å². The number of anilines is 1. The molecule has 0 aliphatic rings. The molecule has 1 aromatic rings. The lowest BCUT2D eigenvalue weighted by molar-refractivity contribution is 0.518. The molecule has 120 valence electrons. The number of alkyl halides is 1. The monoisotopic (exact) mass is 332 g/mol. The highest BCUT2D eigenvalue weighted by Crippen LogP contribution is 2.29. The van der Waals surface area contributed by atoms with Crippen molar-refractivity contribution >= 4 is 27.3 Å². The first-order chi connectivity index (χ1) is 9.89. The Hall–Kier alpha value is -0.780. The smallest absolute Gasteiger partial charge is 0.244 e. The lowest BCUT2D eigenvalue weighted by atomic mass is 10.1. The van der Waals surface area contributed by atoms with Gasteiger partial charge in [-0.3, -0.25) is 0 Å². The number of hydrogen-bond donors (Lipinski definition) is 0. The van der Waals surface area contributed by atoms with Gasteiger partial charge in [-0.2, -0.15) is 0 Å². The molecule has 0 fully saturated rings. The van der Waals surface area contributed by atoms with E-state index in [0.29, 0.717) is 17.3 Å². The van der Waals surface area contributed by atoms with Crippen molar-refractivity contribution in [1.29, 1.82) is 0 Å². The molecule has 0 bridgehead atoms. The molecule has 0 unspecified atom stereocenters. The maximum Gasteiger partial charge on any atom is 0.244 e. The summed E-state index contributed by atoms with van der Waals surface area (Å²) in [5.41, 5.74) is 0.737. The average Bonchev–Trinajstić information content (AvgIpc) is 2.47. The fourth-order valence-corrected chi connectivity index (χ4v) is 3.71. The Balaban J connectivity index is 3.40. The SMILES string of the molecule is CCC(CC)N(CCCl)c1ccccc1S(=O)(=O)N(C)C. The third-order valence-electron chi connectivity index (χ3n) is 3.64. The number of sulfonamides is 1. The minimum absolute atomic E-state index is 0.280. The van der Waals surface area contributed by atoms with Gasteiger partial charge in [0.2, 0.25) is 10.0 Å². The Morgan fingerprint density at radius 3 is 2.19 bits per heavy atom. The van der Waals surface area contributed by atoms with E-state index in [1.807, 2.05) is 12.1 Å². The molecule has 0 atom stereocenters. The molecule has 0 aliphatic carbocycles. The summed E-state index contributed by atoms with van der Waals surface area (Å²) in [6.07, 6.45) is 1.90. The molecule has 6 heteroatoms.